The summed E-state index contributed by atoms with van der Waals surface area (Å²) in [5.41, 5.74) is 0. The van der Waals surface area contributed by atoms with Gasteiger partial charge < -0.3 is 14.6 Å². The lowest BCUT2D eigenvalue weighted by Gasteiger charge is -2.21. The first-order valence-electron chi connectivity index (χ1n) is 4.74. The van der Waals surface area contributed by atoms with Crippen LogP contribution in [-0.2, 0) is 9.47 Å². The molecule has 1 N–H and O–H groups in total. The van der Waals surface area contributed by atoms with Crippen LogP contribution in [0.1, 0.15) is 39.0 Å². The lowest BCUT2D eigenvalue weighted by atomic mass is 9.98. The second kappa shape index (κ2) is 5.07. The Bertz CT molecular complexity index is 161. The van der Waals surface area contributed by atoms with E-state index in [1.165, 1.54) is 13.3 Å². The van der Waals surface area contributed by atoms with Gasteiger partial charge >= 0.3 is 6.16 Å². The molecule has 1 rings (SSSR count). The number of ether oxygens (including phenoxy) is 2. The van der Waals surface area contributed by atoms with Crippen molar-refractivity contribution < 1.29 is 19.4 Å². The van der Waals surface area contributed by atoms with E-state index in [9.17, 15) is 4.79 Å². The van der Waals surface area contributed by atoms with E-state index in [2.05, 4.69) is 4.74 Å². The summed E-state index contributed by atoms with van der Waals surface area (Å²) >= 11 is 0. The van der Waals surface area contributed by atoms with E-state index in [-0.39, 0.29) is 6.10 Å². The van der Waals surface area contributed by atoms with Crippen LogP contribution < -0.4 is 0 Å². The number of aliphatic hydroxyl groups is 1. The second-order valence-electron chi connectivity index (χ2n) is 3.35. The van der Waals surface area contributed by atoms with E-state index in [0.717, 1.165) is 25.7 Å². The van der Waals surface area contributed by atoms with Gasteiger partial charge in [-0.1, -0.05) is 6.42 Å². The molecular weight excluding hydrogens is 172 g/mol. The molecule has 0 radical (unpaired) electrons. The molecule has 1 aliphatic rings. The monoisotopic (exact) mass is 188 g/mol. The summed E-state index contributed by atoms with van der Waals surface area (Å²) in [5, 5.41) is 8.73. The molecule has 13 heavy (non-hydrogen) atoms. The normalized spacial score (nSPS) is 20.8. The maximum Gasteiger partial charge on any atom is 0.510 e. The molecule has 0 aromatic carbocycles. The summed E-state index contributed by atoms with van der Waals surface area (Å²) < 4.78 is 9.43. The smallest absolute Gasteiger partial charge is 0.431 e. The Kier molecular flexibility index (Phi) is 4.02. The van der Waals surface area contributed by atoms with Gasteiger partial charge in [-0.25, -0.2) is 4.79 Å². The van der Waals surface area contributed by atoms with Gasteiger partial charge in [-0.3, -0.25) is 0 Å². The van der Waals surface area contributed by atoms with E-state index in [0.29, 0.717) is 0 Å². The second-order valence-corrected chi connectivity index (χ2v) is 3.35. The average Bonchev–Trinajstić information content (AvgIpc) is 2.04. The molecule has 0 heterocycles. The zero-order valence-corrected chi connectivity index (χ0v) is 7.86. The van der Waals surface area contributed by atoms with Crippen molar-refractivity contribution in [2.75, 3.05) is 0 Å². The molecule has 4 heteroatoms. The summed E-state index contributed by atoms with van der Waals surface area (Å²) in [5.74, 6) is 0. The highest BCUT2D eigenvalue weighted by Gasteiger charge is 2.19. The molecule has 1 saturated carbocycles. The fourth-order valence-corrected chi connectivity index (χ4v) is 1.49. The largest absolute Gasteiger partial charge is 0.510 e. The molecule has 0 aromatic heterocycles. The lowest BCUT2D eigenvalue weighted by Crippen LogP contribution is -2.23. The molecule has 4 nitrogen and oxygen atoms in total. The molecule has 0 saturated heterocycles. The third-order valence-electron chi connectivity index (χ3n) is 2.08. The van der Waals surface area contributed by atoms with Gasteiger partial charge in [0.2, 0.25) is 6.29 Å². The molecule has 1 aliphatic carbocycles. The summed E-state index contributed by atoms with van der Waals surface area (Å²) in [6, 6.07) is 0. The van der Waals surface area contributed by atoms with Gasteiger partial charge in [-0.15, -0.1) is 0 Å². The number of hydrogen-bond acceptors (Lipinski definition) is 4. The number of aliphatic hydroxyl groups excluding tert-OH is 1. The summed E-state index contributed by atoms with van der Waals surface area (Å²) in [6.45, 7) is 1.38. The topological polar surface area (TPSA) is 55.8 Å². The van der Waals surface area contributed by atoms with Crippen molar-refractivity contribution >= 4 is 6.16 Å². The molecule has 0 bridgehead atoms. The predicted octanol–water partition coefficient (Wildman–Crippen LogP) is 1.81. The lowest BCUT2D eigenvalue weighted by molar-refractivity contribution is -0.0810. The van der Waals surface area contributed by atoms with Gasteiger partial charge in [0.15, 0.2) is 0 Å². The highest BCUT2D eigenvalue weighted by Crippen LogP contribution is 2.20. The Morgan fingerprint density at radius 2 is 2.00 bits per heavy atom. The van der Waals surface area contributed by atoms with Gasteiger partial charge in [0.05, 0.1) is 0 Å². The number of rotatable bonds is 2. The highest BCUT2D eigenvalue weighted by molar-refractivity contribution is 5.60. The van der Waals surface area contributed by atoms with Crippen LogP contribution in [-0.4, -0.2) is 23.7 Å². The Hall–Kier alpha value is -0.770. The van der Waals surface area contributed by atoms with Crippen molar-refractivity contribution in [1.29, 1.82) is 0 Å². The standard InChI is InChI=1S/C9H16O4/c1-7(10)12-9(11)13-8-5-3-2-4-6-8/h7-8,10H,2-6H2,1H3. The minimum absolute atomic E-state index is 0.0139. The molecule has 76 valence electrons. The number of carbonyl (C=O) groups is 1. The Balaban J connectivity index is 2.18. The van der Waals surface area contributed by atoms with Crippen molar-refractivity contribution in [3.8, 4) is 0 Å². The maximum atomic E-state index is 10.9. The first-order valence-corrected chi connectivity index (χ1v) is 4.74. The van der Waals surface area contributed by atoms with Gasteiger partial charge in [-0.05, 0) is 32.6 Å². The van der Waals surface area contributed by atoms with E-state index in [1.54, 1.807) is 0 Å². The fraction of sp³-hybridized carbons (Fsp3) is 0.889. The van der Waals surface area contributed by atoms with E-state index in [1.807, 2.05) is 0 Å². The first-order chi connectivity index (χ1) is 6.18. The van der Waals surface area contributed by atoms with Crippen molar-refractivity contribution in [3.63, 3.8) is 0 Å². The van der Waals surface area contributed by atoms with Crippen LogP contribution in [0.3, 0.4) is 0 Å². The number of carbonyl (C=O) groups excluding carboxylic acids is 1. The van der Waals surface area contributed by atoms with Crippen molar-refractivity contribution in [3.05, 3.63) is 0 Å². The van der Waals surface area contributed by atoms with Crippen LogP contribution in [0.25, 0.3) is 0 Å². The maximum absolute atomic E-state index is 10.9. The summed E-state index contributed by atoms with van der Waals surface area (Å²) in [6.07, 6.45) is 3.38. The Labute approximate surface area is 77.8 Å². The fourth-order valence-electron chi connectivity index (χ4n) is 1.49. The van der Waals surface area contributed by atoms with Gasteiger partial charge in [0.25, 0.3) is 0 Å². The van der Waals surface area contributed by atoms with Crippen LogP contribution in [0.5, 0.6) is 0 Å². The van der Waals surface area contributed by atoms with E-state index < -0.39 is 12.4 Å². The Morgan fingerprint density at radius 1 is 1.38 bits per heavy atom. The van der Waals surface area contributed by atoms with E-state index >= 15 is 0 Å². The molecule has 0 aliphatic heterocycles. The van der Waals surface area contributed by atoms with Gasteiger partial charge in [0.1, 0.15) is 6.10 Å². The van der Waals surface area contributed by atoms with Crippen LogP contribution >= 0.6 is 0 Å². The van der Waals surface area contributed by atoms with Gasteiger partial charge in [-0.2, -0.15) is 0 Å². The highest BCUT2D eigenvalue weighted by atomic mass is 16.8. The van der Waals surface area contributed by atoms with Crippen molar-refractivity contribution in [1.82, 2.24) is 0 Å². The van der Waals surface area contributed by atoms with Gasteiger partial charge in [0, 0.05) is 0 Å². The quantitative estimate of drug-likeness (QED) is 0.530. The molecule has 0 aromatic rings. The SMILES string of the molecule is CC(O)OC(=O)OC1CCCCC1. The number of hydrogen-bond donors (Lipinski definition) is 1. The Morgan fingerprint density at radius 3 is 2.54 bits per heavy atom. The van der Waals surface area contributed by atoms with Crippen LogP contribution in [0.15, 0.2) is 0 Å². The van der Waals surface area contributed by atoms with Crippen molar-refractivity contribution in [2.24, 2.45) is 0 Å². The molecule has 0 amide bonds. The molecule has 0 spiro atoms. The summed E-state index contributed by atoms with van der Waals surface area (Å²) in [7, 11) is 0. The third kappa shape index (κ3) is 4.12. The molecule has 1 fully saturated rings. The minimum Gasteiger partial charge on any atom is -0.431 e. The van der Waals surface area contributed by atoms with E-state index in [4.69, 9.17) is 9.84 Å². The molecule has 1 unspecified atom stereocenters. The molecular formula is C9H16O4. The van der Waals surface area contributed by atoms with Crippen LogP contribution in [0.4, 0.5) is 4.79 Å². The first kappa shape index (κ1) is 10.3. The van der Waals surface area contributed by atoms with Crippen molar-refractivity contribution in [2.45, 2.75) is 51.4 Å². The average molecular weight is 188 g/mol. The predicted molar refractivity (Wildman–Crippen MR) is 46.1 cm³/mol. The third-order valence-corrected chi connectivity index (χ3v) is 2.08. The zero-order valence-electron chi connectivity index (χ0n) is 7.86. The van der Waals surface area contributed by atoms with Crippen LogP contribution in [0, 0.1) is 0 Å². The molecule has 1 atom stereocenters. The van der Waals surface area contributed by atoms with Crippen LogP contribution in [0.2, 0.25) is 0 Å². The minimum atomic E-state index is -1.09. The summed E-state index contributed by atoms with van der Waals surface area (Å²) in [4.78, 5) is 10.9. The zero-order chi connectivity index (χ0) is 9.68.